The van der Waals surface area contributed by atoms with E-state index in [1.165, 1.54) is 6.07 Å². The normalized spacial score (nSPS) is 24.1. The van der Waals surface area contributed by atoms with Crippen molar-refractivity contribution in [3.8, 4) is 0 Å². The smallest absolute Gasteiger partial charge is 0.223 e. The van der Waals surface area contributed by atoms with Gasteiger partial charge in [-0.25, -0.2) is 8.78 Å². The Morgan fingerprint density at radius 2 is 2.10 bits per heavy atom. The first-order chi connectivity index (χ1) is 9.43. The summed E-state index contributed by atoms with van der Waals surface area (Å²) in [5, 5.41) is 11.9. The third kappa shape index (κ3) is 3.15. The van der Waals surface area contributed by atoms with Crippen molar-refractivity contribution < 1.29 is 18.7 Å². The number of hydrogen-bond acceptors (Lipinski definition) is 2. The van der Waals surface area contributed by atoms with E-state index in [2.05, 4.69) is 5.32 Å². The predicted molar refractivity (Wildman–Crippen MR) is 71.1 cm³/mol. The fourth-order valence-corrected chi connectivity index (χ4v) is 2.23. The summed E-state index contributed by atoms with van der Waals surface area (Å²) >= 11 is 0. The largest absolute Gasteiger partial charge is 0.396 e. The molecule has 4 atom stereocenters. The van der Waals surface area contributed by atoms with Gasteiger partial charge in [-0.1, -0.05) is 13.0 Å². The molecule has 1 aromatic rings. The molecule has 1 aliphatic carbocycles. The summed E-state index contributed by atoms with van der Waals surface area (Å²) in [5.74, 6) is -2.08. The molecule has 2 N–H and O–H groups in total. The Bertz CT molecular complexity index is 507. The van der Waals surface area contributed by atoms with Crippen LogP contribution in [0.25, 0.3) is 0 Å². The van der Waals surface area contributed by atoms with Gasteiger partial charge in [-0.15, -0.1) is 0 Å². The monoisotopic (exact) mass is 283 g/mol. The topological polar surface area (TPSA) is 49.3 Å². The molecule has 0 aromatic heterocycles. The zero-order valence-electron chi connectivity index (χ0n) is 11.6. The molecule has 1 amide bonds. The molecule has 0 saturated heterocycles. The molecule has 0 spiro atoms. The van der Waals surface area contributed by atoms with E-state index < -0.39 is 11.6 Å². The Morgan fingerprint density at radius 1 is 1.40 bits per heavy atom. The van der Waals surface area contributed by atoms with E-state index in [1.54, 1.807) is 0 Å². The minimum absolute atomic E-state index is 0.0126. The van der Waals surface area contributed by atoms with E-state index in [0.717, 1.165) is 12.1 Å². The van der Waals surface area contributed by atoms with Gasteiger partial charge in [-0.2, -0.15) is 0 Å². The highest BCUT2D eigenvalue weighted by molar-refractivity contribution is 5.83. The third-order valence-corrected chi connectivity index (χ3v) is 4.01. The van der Waals surface area contributed by atoms with Gasteiger partial charge in [0.2, 0.25) is 5.91 Å². The number of nitrogens with one attached hydrogen (secondary N) is 1. The lowest BCUT2D eigenvalue weighted by Crippen LogP contribution is -2.39. The molecule has 110 valence electrons. The van der Waals surface area contributed by atoms with Crippen molar-refractivity contribution in [3.05, 3.63) is 35.4 Å². The summed E-state index contributed by atoms with van der Waals surface area (Å²) in [6.07, 6.45) is 0.650. The first-order valence-corrected chi connectivity index (χ1v) is 6.80. The van der Waals surface area contributed by atoms with E-state index in [4.69, 9.17) is 5.11 Å². The lowest BCUT2D eigenvalue weighted by Gasteiger charge is -2.19. The lowest BCUT2D eigenvalue weighted by molar-refractivity contribution is -0.123. The van der Waals surface area contributed by atoms with Crippen LogP contribution in [0.4, 0.5) is 8.78 Å². The van der Waals surface area contributed by atoms with Crippen molar-refractivity contribution in [3.63, 3.8) is 0 Å². The zero-order chi connectivity index (χ0) is 14.9. The standard InChI is InChI=1S/C15H19F2NO2/c1-8(7-19)9(2)18-15(20)12-6-11(12)10-3-4-13(16)14(17)5-10/h3-5,8-9,11-12,19H,6-7H2,1-2H3,(H,18,20). The highest BCUT2D eigenvalue weighted by atomic mass is 19.2. The van der Waals surface area contributed by atoms with Gasteiger partial charge in [-0.05, 0) is 42.9 Å². The fraction of sp³-hybridized carbons (Fsp3) is 0.533. The number of halogens is 2. The molecule has 0 aliphatic heterocycles. The van der Waals surface area contributed by atoms with Crippen LogP contribution >= 0.6 is 0 Å². The van der Waals surface area contributed by atoms with Crippen LogP contribution < -0.4 is 5.32 Å². The van der Waals surface area contributed by atoms with Crippen molar-refractivity contribution >= 4 is 5.91 Å². The maximum atomic E-state index is 13.2. The third-order valence-electron chi connectivity index (χ3n) is 4.01. The molecule has 0 bridgehead atoms. The maximum Gasteiger partial charge on any atom is 0.223 e. The Labute approximate surface area is 117 Å². The number of rotatable bonds is 5. The lowest BCUT2D eigenvalue weighted by atomic mass is 10.0. The van der Waals surface area contributed by atoms with Crippen LogP contribution in [0.5, 0.6) is 0 Å². The van der Waals surface area contributed by atoms with E-state index in [0.29, 0.717) is 12.0 Å². The average Bonchev–Trinajstić information content (AvgIpc) is 3.21. The van der Waals surface area contributed by atoms with Gasteiger partial charge < -0.3 is 10.4 Å². The van der Waals surface area contributed by atoms with Crippen molar-refractivity contribution in [1.82, 2.24) is 5.32 Å². The number of amides is 1. The van der Waals surface area contributed by atoms with Gasteiger partial charge in [0, 0.05) is 18.6 Å². The number of aliphatic hydroxyl groups excluding tert-OH is 1. The van der Waals surface area contributed by atoms with Crippen LogP contribution in [0.1, 0.15) is 31.7 Å². The highest BCUT2D eigenvalue weighted by Crippen LogP contribution is 2.47. The van der Waals surface area contributed by atoms with Crippen LogP contribution in [0.3, 0.4) is 0 Å². The molecular formula is C15H19F2NO2. The number of carbonyl (C=O) groups is 1. The second-order valence-corrected chi connectivity index (χ2v) is 5.58. The van der Waals surface area contributed by atoms with E-state index >= 15 is 0 Å². The van der Waals surface area contributed by atoms with Gasteiger partial charge in [0.05, 0.1) is 0 Å². The molecule has 4 unspecified atom stereocenters. The molecule has 1 aromatic carbocycles. The second kappa shape index (κ2) is 5.87. The van der Waals surface area contributed by atoms with Gasteiger partial charge in [0.15, 0.2) is 11.6 Å². The summed E-state index contributed by atoms with van der Waals surface area (Å²) in [6.45, 7) is 3.71. The van der Waals surface area contributed by atoms with Crippen LogP contribution in [-0.4, -0.2) is 23.7 Å². The molecular weight excluding hydrogens is 264 g/mol. The van der Waals surface area contributed by atoms with Crippen molar-refractivity contribution in [2.24, 2.45) is 11.8 Å². The van der Waals surface area contributed by atoms with Crippen LogP contribution in [0.2, 0.25) is 0 Å². The summed E-state index contributed by atoms with van der Waals surface area (Å²) < 4.78 is 26.0. The van der Waals surface area contributed by atoms with Gasteiger partial charge in [0.25, 0.3) is 0 Å². The Morgan fingerprint density at radius 3 is 2.70 bits per heavy atom. The van der Waals surface area contributed by atoms with Gasteiger partial charge in [-0.3, -0.25) is 4.79 Å². The van der Waals surface area contributed by atoms with Crippen molar-refractivity contribution in [2.75, 3.05) is 6.61 Å². The predicted octanol–water partition coefficient (Wildman–Crippen LogP) is 2.20. The Kier molecular flexibility index (Phi) is 4.38. The average molecular weight is 283 g/mol. The molecule has 0 heterocycles. The number of hydrogen-bond donors (Lipinski definition) is 2. The first kappa shape index (κ1) is 14.9. The molecule has 0 radical (unpaired) electrons. The zero-order valence-corrected chi connectivity index (χ0v) is 11.6. The summed E-state index contributed by atoms with van der Waals surface area (Å²) in [5.41, 5.74) is 0.659. The maximum absolute atomic E-state index is 13.2. The van der Waals surface area contributed by atoms with Crippen LogP contribution in [0.15, 0.2) is 18.2 Å². The molecule has 1 aliphatic rings. The minimum Gasteiger partial charge on any atom is -0.396 e. The number of aliphatic hydroxyl groups is 1. The van der Waals surface area contributed by atoms with E-state index in [-0.39, 0.29) is 36.3 Å². The Balaban J connectivity index is 1.94. The SMILES string of the molecule is CC(CO)C(C)NC(=O)C1CC1c1ccc(F)c(F)c1. The fourth-order valence-electron chi connectivity index (χ4n) is 2.23. The minimum atomic E-state index is -0.879. The first-order valence-electron chi connectivity index (χ1n) is 6.80. The second-order valence-electron chi connectivity index (χ2n) is 5.58. The molecule has 1 saturated carbocycles. The summed E-state index contributed by atoms with van der Waals surface area (Å²) in [7, 11) is 0. The number of benzene rings is 1. The highest BCUT2D eigenvalue weighted by Gasteiger charge is 2.44. The molecule has 3 nitrogen and oxygen atoms in total. The quantitative estimate of drug-likeness (QED) is 0.870. The van der Waals surface area contributed by atoms with Gasteiger partial charge >= 0.3 is 0 Å². The summed E-state index contributed by atoms with van der Waals surface area (Å²) in [4.78, 5) is 12.0. The van der Waals surface area contributed by atoms with E-state index in [1.807, 2.05) is 13.8 Å². The van der Waals surface area contributed by atoms with Crippen LogP contribution in [-0.2, 0) is 4.79 Å². The Hall–Kier alpha value is -1.49. The van der Waals surface area contributed by atoms with Crippen molar-refractivity contribution in [1.29, 1.82) is 0 Å². The van der Waals surface area contributed by atoms with Crippen LogP contribution in [0, 0.1) is 23.5 Å². The van der Waals surface area contributed by atoms with E-state index in [9.17, 15) is 13.6 Å². The number of carbonyl (C=O) groups excluding carboxylic acids is 1. The molecule has 2 rings (SSSR count). The van der Waals surface area contributed by atoms with Gasteiger partial charge in [0.1, 0.15) is 0 Å². The molecule has 20 heavy (non-hydrogen) atoms. The molecule has 5 heteroatoms. The molecule has 1 fully saturated rings. The summed E-state index contributed by atoms with van der Waals surface area (Å²) in [6, 6.07) is 3.66. The van der Waals surface area contributed by atoms with Crippen molar-refractivity contribution in [2.45, 2.75) is 32.2 Å².